The third-order valence-corrected chi connectivity index (χ3v) is 5.11. The summed E-state index contributed by atoms with van der Waals surface area (Å²) in [6, 6.07) is 4.87. The Bertz CT molecular complexity index is 899. The Morgan fingerprint density at radius 1 is 1.13 bits per heavy atom. The second-order valence-corrected chi connectivity index (χ2v) is 7.23. The van der Waals surface area contributed by atoms with Gasteiger partial charge in [-0.3, -0.25) is 14.5 Å². The van der Waals surface area contributed by atoms with Gasteiger partial charge in [0.1, 0.15) is 5.76 Å². The van der Waals surface area contributed by atoms with Crippen molar-refractivity contribution < 1.29 is 27.3 Å². The van der Waals surface area contributed by atoms with Crippen molar-refractivity contribution in [3.63, 3.8) is 0 Å². The number of piperazine rings is 1. The van der Waals surface area contributed by atoms with Crippen molar-refractivity contribution in [1.82, 2.24) is 15.0 Å². The Morgan fingerprint density at radius 3 is 2.40 bits per heavy atom. The van der Waals surface area contributed by atoms with E-state index in [0.717, 1.165) is 11.6 Å². The molecule has 1 fully saturated rings. The number of nitrogens with one attached hydrogen (secondary N) is 1. The fourth-order valence-corrected chi connectivity index (χ4v) is 3.40. The number of rotatable bonds is 5. The first-order valence-electron chi connectivity index (χ1n) is 9.53. The average Bonchev–Trinajstić information content (AvgIpc) is 3.00. The van der Waals surface area contributed by atoms with Crippen LogP contribution in [0.3, 0.4) is 0 Å². The summed E-state index contributed by atoms with van der Waals surface area (Å²) in [6.45, 7) is 5.30. The van der Waals surface area contributed by atoms with Gasteiger partial charge < -0.3 is 14.7 Å². The number of alkyl halides is 3. The van der Waals surface area contributed by atoms with Crippen molar-refractivity contribution in [2.45, 2.75) is 26.4 Å². The molecule has 2 amide bonds. The molecule has 0 bridgehead atoms. The molecule has 0 atom stereocenters. The molecule has 0 unspecified atom stereocenters. The molecule has 10 heteroatoms. The molecule has 1 aromatic heterocycles. The number of nitrogens with zero attached hydrogens (tertiary/aromatic N) is 3. The lowest BCUT2D eigenvalue weighted by molar-refractivity contribution is -0.137. The Kier molecular flexibility index (Phi) is 6.45. The van der Waals surface area contributed by atoms with Crippen LogP contribution in [-0.4, -0.2) is 59.5 Å². The molecule has 1 aromatic carbocycles. The third-order valence-electron chi connectivity index (χ3n) is 5.11. The minimum atomic E-state index is -4.54. The van der Waals surface area contributed by atoms with E-state index in [1.165, 1.54) is 18.2 Å². The lowest BCUT2D eigenvalue weighted by atomic mass is 10.1. The van der Waals surface area contributed by atoms with Crippen molar-refractivity contribution in [1.29, 1.82) is 0 Å². The molecule has 3 rings (SSSR count). The van der Waals surface area contributed by atoms with Crippen LogP contribution in [-0.2, 0) is 22.2 Å². The van der Waals surface area contributed by atoms with Crippen molar-refractivity contribution in [2.24, 2.45) is 0 Å². The van der Waals surface area contributed by atoms with Crippen molar-refractivity contribution in [3.8, 4) is 0 Å². The van der Waals surface area contributed by atoms with Crippen LogP contribution in [0.25, 0.3) is 0 Å². The van der Waals surface area contributed by atoms with E-state index in [2.05, 4.69) is 10.5 Å². The van der Waals surface area contributed by atoms with Gasteiger partial charge >= 0.3 is 6.18 Å². The van der Waals surface area contributed by atoms with Gasteiger partial charge in [-0.05, 0) is 26.0 Å². The number of aromatic nitrogens is 1. The van der Waals surface area contributed by atoms with E-state index in [0.29, 0.717) is 37.6 Å². The van der Waals surface area contributed by atoms with Gasteiger partial charge in [-0.25, -0.2) is 0 Å². The number of para-hydroxylation sites is 1. The summed E-state index contributed by atoms with van der Waals surface area (Å²) < 4.78 is 44.2. The summed E-state index contributed by atoms with van der Waals surface area (Å²) in [4.78, 5) is 28.3. The minimum Gasteiger partial charge on any atom is -0.361 e. The number of benzene rings is 1. The van der Waals surface area contributed by atoms with Crippen molar-refractivity contribution in [3.05, 3.63) is 46.8 Å². The van der Waals surface area contributed by atoms with E-state index >= 15 is 0 Å². The number of amides is 2. The maximum atomic E-state index is 13.1. The van der Waals surface area contributed by atoms with Crippen LogP contribution in [0, 0.1) is 13.8 Å². The zero-order valence-electron chi connectivity index (χ0n) is 16.8. The number of carbonyl (C=O) groups excluding carboxylic acids is 2. The smallest absolute Gasteiger partial charge is 0.361 e. The Labute approximate surface area is 171 Å². The normalized spacial score (nSPS) is 15.3. The predicted molar refractivity (Wildman–Crippen MR) is 103 cm³/mol. The van der Waals surface area contributed by atoms with E-state index in [1.807, 2.05) is 4.90 Å². The summed E-state index contributed by atoms with van der Waals surface area (Å²) in [5.74, 6) is 0.0464. The van der Waals surface area contributed by atoms with Gasteiger partial charge in [0.15, 0.2) is 0 Å². The molecule has 0 radical (unpaired) electrons. The zero-order chi connectivity index (χ0) is 21.9. The summed E-state index contributed by atoms with van der Waals surface area (Å²) >= 11 is 0. The Morgan fingerprint density at radius 2 is 1.80 bits per heavy atom. The summed E-state index contributed by atoms with van der Waals surface area (Å²) in [5.41, 5.74) is 0.330. The van der Waals surface area contributed by atoms with Crippen LogP contribution in [0.5, 0.6) is 0 Å². The monoisotopic (exact) mass is 424 g/mol. The van der Waals surface area contributed by atoms with Gasteiger partial charge in [0.05, 0.1) is 29.9 Å². The number of aryl methyl sites for hydroxylation is 2. The molecule has 30 heavy (non-hydrogen) atoms. The van der Waals surface area contributed by atoms with Crippen LogP contribution in [0.4, 0.5) is 18.9 Å². The molecule has 2 aromatic rings. The number of halogens is 3. The molecular formula is C20H23F3N4O3. The summed E-state index contributed by atoms with van der Waals surface area (Å²) in [7, 11) is 0. The van der Waals surface area contributed by atoms with E-state index in [4.69, 9.17) is 4.52 Å². The molecule has 1 aliphatic rings. The standard InChI is InChI=1S/C20H23F3N4O3/c1-13-15(14(2)30-25-13)11-19(29)27-9-7-26(8-10-27)12-18(28)24-17-6-4-3-5-16(17)20(21,22)23/h3-6H,7-12H2,1-2H3,(H,24,28). The second-order valence-electron chi connectivity index (χ2n) is 7.23. The van der Waals surface area contributed by atoms with Gasteiger partial charge in [0.25, 0.3) is 0 Å². The molecule has 1 aliphatic heterocycles. The van der Waals surface area contributed by atoms with Gasteiger partial charge in [-0.2, -0.15) is 13.2 Å². The quantitative estimate of drug-likeness (QED) is 0.799. The van der Waals surface area contributed by atoms with Gasteiger partial charge in [-0.1, -0.05) is 17.3 Å². The fourth-order valence-electron chi connectivity index (χ4n) is 3.40. The highest BCUT2D eigenvalue weighted by Crippen LogP contribution is 2.34. The van der Waals surface area contributed by atoms with E-state index < -0.39 is 17.6 Å². The first-order chi connectivity index (χ1) is 14.1. The highest BCUT2D eigenvalue weighted by atomic mass is 19.4. The van der Waals surface area contributed by atoms with E-state index in [9.17, 15) is 22.8 Å². The van der Waals surface area contributed by atoms with Crippen molar-refractivity contribution >= 4 is 17.5 Å². The van der Waals surface area contributed by atoms with Crippen LogP contribution in [0.2, 0.25) is 0 Å². The third kappa shape index (κ3) is 5.18. The molecule has 1 N–H and O–H groups in total. The maximum Gasteiger partial charge on any atom is 0.418 e. The fraction of sp³-hybridized carbons (Fsp3) is 0.450. The van der Waals surface area contributed by atoms with Crippen LogP contribution < -0.4 is 5.32 Å². The Hall–Kier alpha value is -2.88. The summed E-state index contributed by atoms with van der Waals surface area (Å²) in [5, 5.41) is 6.19. The number of anilines is 1. The van der Waals surface area contributed by atoms with Crippen LogP contribution >= 0.6 is 0 Å². The lowest BCUT2D eigenvalue weighted by Crippen LogP contribution is -2.50. The van der Waals surface area contributed by atoms with Crippen LogP contribution in [0.1, 0.15) is 22.6 Å². The molecule has 0 saturated carbocycles. The summed E-state index contributed by atoms with van der Waals surface area (Å²) in [6.07, 6.45) is -4.34. The Balaban J connectivity index is 1.50. The molecule has 1 saturated heterocycles. The minimum absolute atomic E-state index is 0.0436. The topological polar surface area (TPSA) is 78.7 Å². The van der Waals surface area contributed by atoms with E-state index in [-0.39, 0.29) is 24.6 Å². The second kappa shape index (κ2) is 8.86. The molecule has 7 nitrogen and oxygen atoms in total. The predicted octanol–water partition coefficient (Wildman–Crippen LogP) is 2.64. The molecule has 162 valence electrons. The number of carbonyl (C=O) groups is 2. The lowest BCUT2D eigenvalue weighted by Gasteiger charge is -2.34. The molecular weight excluding hydrogens is 401 g/mol. The van der Waals surface area contributed by atoms with Gasteiger partial charge in [0, 0.05) is 31.7 Å². The number of hydrogen-bond donors (Lipinski definition) is 1. The largest absolute Gasteiger partial charge is 0.418 e. The van der Waals surface area contributed by atoms with Crippen LogP contribution in [0.15, 0.2) is 28.8 Å². The molecule has 0 spiro atoms. The highest BCUT2D eigenvalue weighted by Gasteiger charge is 2.33. The van der Waals surface area contributed by atoms with Gasteiger partial charge in [0.2, 0.25) is 11.8 Å². The van der Waals surface area contributed by atoms with Gasteiger partial charge in [-0.15, -0.1) is 0 Å². The SMILES string of the molecule is Cc1noc(C)c1CC(=O)N1CCN(CC(=O)Nc2ccccc2C(F)(F)F)CC1. The van der Waals surface area contributed by atoms with E-state index in [1.54, 1.807) is 18.7 Å². The van der Waals surface area contributed by atoms with Crippen molar-refractivity contribution in [2.75, 3.05) is 38.0 Å². The zero-order valence-corrected chi connectivity index (χ0v) is 16.8. The molecule has 0 aliphatic carbocycles. The maximum absolute atomic E-state index is 13.1. The highest BCUT2D eigenvalue weighted by molar-refractivity contribution is 5.93. The number of hydrogen-bond acceptors (Lipinski definition) is 5. The first kappa shape index (κ1) is 21.8. The average molecular weight is 424 g/mol. The molecule has 2 heterocycles. The first-order valence-corrected chi connectivity index (χ1v) is 9.53.